The van der Waals surface area contributed by atoms with Crippen LogP contribution < -0.4 is 14.8 Å². The molecule has 0 unspecified atom stereocenters. The van der Waals surface area contributed by atoms with Crippen molar-refractivity contribution in [2.75, 3.05) is 12.4 Å². The Bertz CT molecular complexity index is 1040. The molecule has 0 radical (unpaired) electrons. The number of aryl methyl sites for hydroxylation is 2. The number of benzene rings is 1. The molecular formula is C17H20F3N5O4S. The molecule has 0 bridgehead atoms. The van der Waals surface area contributed by atoms with E-state index in [0.717, 1.165) is 16.4 Å². The summed E-state index contributed by atoms with van der Waals surface area (Å²) in [6, 6.07) is 2.88. The van der Waals surface area contributed by atoms with Gasteiger partial charge in [0, 0.05) is 31.5 Å². The van der Waals surface area contributed by atoms with Gasteiger partial charge in [0.1, 0.15) is 11.8 Å². The SMILES string of the molecule is Cc1nn(C)cc1[C@H]1C[C@@H](C(=O)Nc2ccc(OC(F)(F)F)cc2)N(C)S(=O)(=O)N1. The highest BCUT2D eigenvalue weighted by atomic mass is 32.2. The van der Waals surface area contributed by atoms with Crippen LogP contribution in [0, 0.1) is 6.92 Å². The van der Waals surface area contributed by atoms with Crippen LogP contribution in [0.5, 0.6) is 5.75 Å². The molecule has 2 aromatic rings. The number of aromatic nitrogens is 2. The summed E-state index contributed by atoms with van der Waals surface area (Å²) in [6.07, 6.45) is -3.00. The third-order valence-corrected chi connectivity index (χ3v) is 6.25. The topological polar surface area (TPSA) is 106 Å². The lowest BCUT2D eigenvalue weighted by molar-refractivity contribution is -0.274. The number of anilines is 1. The number of hydrogen-bond acceptors (Lipinski definition) is 5. The summed E-state index contributed by atoms with van der Waals surface area (Å²) in [6.45, 7) is 1.74. The molecule has 164 valence electrons. The predicted octanol–water partition coefficient (Wildman–Crippen LogP) is 1.85. The van der Waals surface area contributed by atoms with E-state index in [1.807, 2.05) is 0 Å². The number of rotatable bonds is 4. The molecule has 1 fully saturated rings. The molecule has 2 N–H and O–H groups in total. The van der Waals surface area contributed by atoms with E-state index < -0.39 is 40.3 Å². The third kappa shape index (κ3) is 4.91. The van der Waals surface area contributed by atoms with Gasteiger partial charge >= 0.3 is 6.36 Å². The van der Waals surface area contributed by atoms with Crippen LogP contribution in [-0.4, -0.2) is 47.9 Å². The molecule has 0 spiro atoms. The zero-order valence-corrected chi connectivity index (χ0v) is 17.1. The Labute approximate surface area is 171 Å². The predicted molar refractivity (Wildman–Crippen MR) is 101 cm³/mol. The second kappa shape index (κ2) is 7.89. The lowest BCUT2D eigenvalue weighted by Crippen LogP contribution is -2.56. The molecule has 1 aromatic heterocycles. The Balaban J connectivity index is 1.77. The molecule has 2 heterocycles. The van der Waals surface area contributed by atoms with Crippen molar-refractivity contribution >= 4 is 21.8 Å². The fraction of sp³-hybridized carbons (Fsp3) is 0.412. The van der Waals surface area contributed by atoms with Gasteiger partial charge in [0.2, 0.25) is 5.91 Å². The van der Waals surface area contributed by atoms with Gasteiger partial charge in [-0.1, -0.05) is 0 Å². The fourth-order valence-corrected chi connectivity index (χ4v) is 4.50. The van der Waals surface area contributed by atoms with Crippen LogP contribution in [-0.2, 0) is 22.1 Å². The zero-order valence-electron chi connectivity index (χ0n) is 16.3. The standard InChI is InChI=1S/C17H20F3N5O4S/c1-10-13(9-24(2)22-10)14-8-15(25(3)30(27,28)23-14)16(26)21-11-4-6-12(7-5-11)29-17(18,19)20/h4-7,9,14-15,23H,8H2,1-3H3,(H,21,26)/t14-,15+/m1/s1. The summed E-state index contributed by atoms with van der Waals surface area (Å²) in [5.41, 5.74) is 1.49. The maximum atomic E-state index is 12.8. The Morgan fingerprint density at radius 3 is 2.43 bits per heavy atom. The van der Waals surface area contributed by atoms with Gasteiger partial charge in [-0.2, -0.15) is 22.5 Å². The van der Waals surface area contributed by atoms with E-state index in [0.29, 0.717) is 11.3 Å². The van der Waals surface area contributed by atoms with E-state index in [1.54, 1.807) is 24.9 Å². The van der Waals surface area contributed by atoms with Crippen molar-refractivity contribution in [1.29, 1.82) is 0 Å². The van der Waals surface area contributed by atoms with Crippen molar-refractivity contribution in [2.45, 2.75) is 31.8 Å². The summed E-state index contributed by atoms with van der Waals surface area (Å²) in [7, 11) is -0.958. The molecule has 1 aliphatic heterocycles. The van der Waals surface area contributed by atoms with E-state index in [2.05, 4.69) is 19.9 Å². The Kier molecular flexibility index (Phi) is 5.80. The molecule has 3 rings (SSSR count). The van der Waals surface area contributed by atoms with Crippen molar-refractivity contribution < 1.29 is 31.1 Å². The first-order chi connectivity index (χ1) is 13.9. The van der Waals surface area contributed by atoms with E-state index in [1.165, 1.54) is 19.2 Å². The summed E-state index contributed by atoms with van der Waals surface area (Å²) in [4.78, 5) is 12.8. The highest BCUT2D eigenvalue weighted by Gasteiger charge is 2.41. The first kappa shape index (κ1) is 22.1. The summed E-state index contributed by atoms with van der Waals surface area (Å²) in [5, 5.41) is 6.73. The number of hydrogen-bond donors (Lipinski definition) is 2. The number of carbonyl (C=O) groups excluding carboxylic acids is 1. The number of nitrogens with zero attached hydrogens (tertiary/aromatic N) is 3. The number of ether oxygens (including phenoxy) is 1. The van der Waals surface area contributed by atoms with Crippen LogP contribution in [0.15, 0.2) is 30.5 Å². The van der Waals surface area contributed by atoms with Gasteiger partial charge in [0.25, 0.3) is 10.2 Å². The van der Waals surface area contributed by atoms with Crippen LogP contribution in [0.3, 0.4) is 0 Å². The van der Waals surface area contributed by atoms with Crippen LogP contribution in [0.1, 0.15) is 23.7 Å². The molecule has 1 saturated heterocycles. The Morgan fingerprint density at radius 2 is 1.90 bits per heavy atom. The van der Waals surface area contributed by atoms with Gasteiger partial charge in [-0.05, 0) is 37.6 Å². The number of nitrogens with one attached hydrogen (secondary N) is 2. The maximum absolute atomic E-state index is 12.8. The first-order valence-corrected chi connectivity index (χ1v) is 10.2. The molecule has 0 saturated carbocycles. The van der Waals surface area contributed by atoms with E-state index >= 15 is 0 Å². The minimum Gasteiger partial charge on any atom is -0.406 e. The third-order valence-electron chi connectivity index (χ3n) is 4.65. The monoisotopic (exact) mass is 447 g/mol. The number of amides is 1. The average Bonchev–Trinajstić information content (AvgIpc) is 2.96. The number of likely N-dealkylation sites (N-methyl/N-ethyl adjacent to an activating group) is 1. The quantitative estimate of drug-likeness (QED) is 0.744. The average molecular weight is 447 g/mol. The van der Waals surface area contributed by atoms with Crippen molar-refractivity contribution in [3.63, 3.8) is 0 Å². The lowest BCUT2D eigenvalue weighted by atomic mass is 10.00. The van der Waals surface area contributed by atoms with Crippen molar-refractivity contribution in [1.82, 2.24) is 18.8 Å². The summed E-state index contributed by atoms with van der Waals surface area (Å²) >= 11 is 0. The van der Waals surface area contributed by atoms with Gasteiger partial charge in [0.15, 0.2) is 0 Å². The van der Waals surface area contributed by atoms with Gasteiger partial charge in [-0.3, -0.25) is 9.48 Å². The van der Waals surface area contributed by atoms with Crippen molar-refractivity contribution in [2.24, 2.45) is 7.05 Å². The number of carbonyl (C=O) groups is 1. The van der Waals surface area contributed by atoms with Gasteiger partial charge < -0.3 is 10.1 Å². The fourth-order valence-electron chi connectivity index (χ4n) is 3.24. The molecule has 9 nitrogen and oxygen atoms in total. The maximum Gasteiger partial charge on any atom is 0.573 e. The second-order valence-electron chi connectivity index (χ2n) is 6.85. The van der Waals surface area contributed by atoms with E-state index in [4.69, 9.17) is 0 Å². The second-order valence-corrected chi connectivity index (χ2v) is 8.61. The molecule has 30 heavy (non-hydrogen) atoms. The molecule has 2 atom stereocenters. The Hall–Kier alpha value is -2.64. The molecular weight excluding hydrogens is 427 g/mol. The van der Waals surface area contributed by atoms with Crippen molar-refractivity contribution in [3.05, 3.63) is 41.7 Å². The van der Waals surface area contributed by atoms with Gasteiger partial charge in [-0.25, -0.2) is 0 Å². The number of halogens is 3. The summed E-state index contributed by atoms with van der Waals surface area (Å²) < 4.78 is 70.6. The van der Waals surface area contributed by atoms with Crippen LogP contribution in [0.25, 0.3) is 0 Å². The van der Waals surface area contributed by atoms with E-state index in [9.17, 15) is 26.4 Å². The molecule has 1 aromatic carbocycles. The largest absolute Gasteiger partial charge is 0.573 e. The molecule has 0 aliphatic carbocycles. The minimum atomic E-state index is -4.82. The molecule has 1 aliphatic rings. The number of alkyl halides is 3. The minimum absolute atomic E-state index is 0.142. The van der Waals surface area contributed by atoms with Crippen LogP contribution in [0.2, 0.25) is 0 Å². The van der Waals surface area contributed by atoms with Crippen LogP contribution >= 0.6 is 0 Å². The van der Waals surface area contributed by atoms with Gasteiger partial charge in [-0.15, -0.1) is 13.2 Å². The lowest BCUT2D eigenvalue weighted by Gasteiger charge is -2.36. The van der Waals surface area contributed by atoms with Crippen molar-refractivity contribution in [3.8, 4) is 5.75 Å². The zero-order chi connectivity index (χ0) is 22.3. The van der Waals surface area contributed by atoms with E-state index in [-0.39, 0.29) is 12.1 Å². The normalized spacial score (nSPS) is 21.9. The Morgan fingerprint density at radius 1 is 1.27 bits per heavy atom. The first-order valence-electron chi connectivity index (χ1n) is 8.78. The molecule has 1 amide bonds. The van der Waals surface area contributed by atoms with Crippen LogP contribution in [0.4, 0.5) is 18.9 Å². The highest BCUT2D eigenvalue weighted by molar-refractivity contribution is 7.87. The molecule has 13 heteroatoms. The smallest absolute Gasteiger partial charge is 0.406 e. The summed E-state index contributed by atoms with van der Waals surface area (Å²) in [5.74, 6) is -1.05. The van der Waals surface area contributed by atoms with Gasteiger partial charge in [0.05, 0.1) is 11.7 Å². The highest BCUT2D eigenvalue weighted by Crippen LogP contribution is 2.30.